The number of rotatable bonds is 6. The van der Waals surface area contributed by atoms with Gasteiger partial charge >= 0.3 is 5.97 Å². The van der Waals surface area contributed by atoms with Crippen LogP contribution in [0.5, 0.6) is 0 Å². The van der Waals surface area contributed by atoms with Crippen molar-refractivity contribution in [1.29, 1.82) is 0 Å². The van der Waals surface area contributed by atoms with Gasteiger partial charge in [-0.3, -0.25) is 4.79 Å². The maximum absolute atomic E-state index is 12.1. The summed E-state index contributed by atoms with van der Waals surface area (Å²) in [5, 5.41) is 3.19. The van der Waals surface area contributed by atoms with Crippen molar-refractivity contribution in [2.45, 2.75) is 43.7 Å². The van der Waals surface area contributed by atoms with Crippen LogP contribution in [0.1, 0.15) is 35.5 Å². The van der Waals surface area contributed by atoms with Crippen LogP contribution in [0.15, 0.2) is 44.7 Å². The number of nitrogens with one attached hydrogen (secondary N) is 1. The van der Waals surface area contributed by atoms with Crippen molar-refractivity contribution in [2.24, 2.45) is 0 Å². The lowest BCUT2D eigenvalue weighted by Crippen LogP contribution is -2.39. The van der Waals surface area contributed by atoms with E-state index in [2.05, 4.69) is 5.32 Å². The highest BCUT2D eigenvalue weighted by atomic mass is 32.2. The van der Waals surface area contributed by atoms with Gasteiger partial charge in [-0.25, -0.2) is 4.79 Å². The molecule has 1 unspecified atom stereocenters. The lowest BCUT2D eigenvalue weighted by Gasteiger charge is -2.11. The SMILES string of the molecule is CCOC(=O)C(C)NC(=O)c1ccc(Sc2c(C)cccc2C)o1. The highest BCUT2D eigenvalue weighted by molar-refractivity contribution is 7.99. The quantitative estimate of drug-likeness (QED) is 0.807. The molecule has 0 aliphatic carbocycles. The average Bonchev–Trinajstić information content (AvgIpc) is 3.00. The van der Waals surface area contributed by atoms with E-state index in [1.165, 1.54) is 11.8 Å². The smallest absolute Gasteiger partial charge is 0.328 e. The maximum atomic E-state index is 12.1. The Bertz CT molecular complexity index is 718. The fourth-order valence-corrected chi connectivity index (χ4v) is 3.08. The molecule has 0 radical (unpaired) electrons. The molecule has 0 aliphatic rings. The molecule has 24 heavy (non-hydrogen) atoms. The van der Waals surface area contributed by atoms with Gasteiger partial charge in [0.15, 0.2) is 10.9 Å². The van der Waals surface area contributed by atoms with Crippen molar-refractivity contribution in [3.63, 3.8) is 0 Å². The van der Waals surface area contributed by atoms with Gasteiger partial charge in [0.2, 0.25) is 0 Å². The number of amides is 1. The predicted octanol–water partition coefficient (Wildman–Crippen LogP) is 3.73. The summed E-state index contributed by atoms with van der Waals surface area (Å²) < 4.78 is 10.5. The first-order chi connectivity index (χ1) is 11.4. The fraction of sp³-hybridized carbons (Fsp3) is 0.333. The summed E-state index contributed by atoms with van der Waals surface area (Å²) in [4.78, 5) is 24.8. The number of carbonyl (C=O) groups is 2. The molecular formula is C18H21NO4S. The van der Waals surface area contributed by atoms with Gasteiger partial charge in [0.05, 0.1) is 6.61 Å². The van der Waals surface area contributed by atoms with E-state index in [9.17, 15) is 9.59 Å². The van der Waals surface area contributed by atoms with Crippen LogP contribution in [0.4, 0.5) is 0 Å². The number of benzene rings is 1. The first-order valence-corrected chi connectivity index (χ1v) is 8.55. The summed E-state index contributed by atoms with van der Waals surface area (Å²) in [5.74, 6) is -0.744. The van der Waals surface area contributed by atoms with E-state index < -0.39 is 17.9 Å². The van der Waals surface area contributed by atoms with Crippen LogP contribution in [0.25, 0.3) is 0 Å². The van der Waals surface area contributed by atoms with Crippen LogP contribution >= 0.6 is 11.8 Å². The normalized spacial score (nSPS) is 11.8. The van der Waals surface area contributed by atoms with Gasteiger partial charge in [-0.15, -0.1) is 0 Å². The molecule has 0 aliphatic heterocycles. The van der Waals surface area contributed by atoms with E-state index >= 15 is 0 Å². The zero-order chi connectivity index (χ0) is 17.7. The van der Waals surface area contributed by atoms with Gasteiger partial charge in [0, 0.05) is 4.90 Å². The minimum Gasteiger partial charge on any atom is -0.464 e. The largest absolute Gasteiger partial charge is 0.464 e. The number of ether oxygens (including phenoxy) is 1. The van der Waals surface area contributed by atoms with Crippen LogP contribution in [0.3, 0.4) is 0 Å². The standard InChI is InChI=1S/C18H21NO4S/c1-5-22-18(21)13(4)19-17(20)14-9-10-15(23-14)24-16-11(2)7-6-8-12(16)3/h6-10,13H,5H2,1-4H3,(H,19,20). The molecule has 2 rings (SSSR count). The van der Waals surface area contributed by atoms with Crippen LogP contribution in [0.2, 0.25) is 0 Å². The third-order valence-corrected chi connectivity index (χ3v) is 4.67. The van der Waals surface area contributed by atoms with Crippen LogP contribution < -0.4 is 5.32 Å². The molecule has 1 N–H and O–H groups in total. The van der Waals surface area contributed by atoms with E-state index in [0.717, 1.165) is 16.0 Å². The van der Waals surface area contributed by atoms with Crippen molar-refractivity contribution >= 4 is 23.6 Å². The minimum atomic E-state index is -0.725. The minimum absolute atomic E-state index is 0.167. The van der Waals surface area contributed by atoms with Crippen molar-refractivity contribution in [3.8, 4) is 0 Å². The predicted molar refractivity (Wildman–Crippen MR) is 92.3 cm³/mol. The molecular weight excluding hydrogens is 326 g/mol. The number of hydrogen-bond acceptors (Lipinski definition) is 5. The number of carbonyl (C=O) groups excluding carboxylic acids is 2. The van der Waals surface area contributed by atoms with E-state index in [0.29, 0.717) is 5.09 Å². The molecule has 1 heterocycles. The molecule has 1 aromatic carbocycles. The Morgan fingerprint density at radius 2 is 1.88 bits per heavy atom. The Hall–Kier alpha value is -2.21. The summed E-state index contributed by atoms with van der Waals surface area (Å²) in [6.45, 7) is 7.64. The highest BCUT2D eigenvalue weighted by Crippen LogP contribution is 2.33. The Balaban J connectivity index is 2.05. The second kappa shape index (κ2) is 8.06. The van der Waals surface area contributed by atoms with Crippen molar-refractivity contribution in [3.05, 3.63) is 47.2 Å². The molecule has 0 saturated carbocycles. The first kappa shape index (κ1) is 18.1. The van der Waals surface area contributed by atoms with E-state index in [1.807, 2.05) is 32.0 Å². The van der Waals surface area contributed by atoms with E-state index in [4.69, 9.17) is 9.15 Å². The van der Waals surface area contributed by atoms with Gasteiger partial charge in [-0.1, -0.05) is 30.0 Å². The Morgan fingerprint density at radius 1 is 1.21 bits per heavy atom. The van der Waals surface area contributed by atoms with Gasteiger partial charge in [0.1, 0.15) is 6.04 Å². The third-order valence-electron chi connectivity index (χ3n) is 3.40. The third kappa shape index (κ3) is 4.41. The average molecular weight is 347 g/mol. The lowest BCUT2D eigenvalue weighted by molar-refractivity contribution is -0.144. The molecule has 5 nitrogen and oxygen atoms in total. The van der Waals surface area contributed by atoms with Crippen molar-refractivity contribution < 1.29 is 18.7 Å². The summed E-state index contributed by atoms with van der Waals surface area (Å²) in [6.07, 6.45) is 0. The molecule has 1 atom stereocenters. The molecule has 6 heteroatoms. The number of aryl methyl sites for hydroxylation is 2. The summed E-state index contributed by atoms with van der Waals surface area (Å²) >= 11 is 1.47. The Morgan fingerprint density at radius 3 is 2.50 bits per heavy atom. The summed E-state index contributed by atoms with van der Waals surface area (Å²) in [5.41, 5.74) is 2.30. The van der Waals surface area contributed by atoms with Gasteiger partial charge in [-0.2, -0.15) is 0 Å². The fourth-order valence-electron chi connectivity index (χ4n) is 2.15. The molecule has 1 amide bonds. The molecule has 0 saturated heterocycles. The summed E-state index contributed by atoms with van der Waals surface area (Å²) in [6, 6.07) is 8.70. The Kier molecular flexibility index (Phi) is 6.09. The molecule has 0 bridgehead atoms. The second-order valence-electron chi connectivity index (χ2n) is 5.39. The molecule has 128 valence electrons. The summed E-state index contributed by atoms with van der Waals surface area (Å²) in [7, 11) is 0. The topological polar surface area (TPSA) is 68.5 Å². The van der Waals surface area contributed by atoms with E-state index in [1.54, 1.807) is 26.0 Å². The van der Waals surface area contributed by atoms with Gasteiger partial charge in [0.25, 0.3) is 5.91 Å². The van der Waals surface area contributed by atoms with Crippen LogP contribution in [-0.2, 0) is 9.53 Å². The Labute approximate surface area is 145 Å². The zero-order valence-corrected chi connectivity index (χ0v) is 15.0. The van der Waals surface area contributed by atoms with Gasteiger partial charge in [-0.05, 0) is 51.0 Å². The van der Waals surface area contributed by atoms with Gasteiger partial charge < -0.3 is 14.5 Å². The van der Waals surface area contributed by atoms with E-state index in [-0.39, 0.29) is 12.4 Å². The number of esters is 1. The van der Waals surface area contributed by atoms with Crippen LogP contribution in [-0.4, -0.2) is 24.5 Å². The monoisotopic (exact) mass is 347 g/mol. The van der Waals surface area contributed by atoms with Crippen molar-refractivity contribution in [1.82, 2.24) is 5.32 Å². The van der Waals surface area contributed by atoms with Crippen LogP contribution in [0, 0.1) is 13.8 Å². The molecule has 1 aromatic heterocycles. The zero-order valence-electron chi connectivity index (χ0n) is 14.2. The lowest BCUT2D eigenvalue weighted by atomic mass is 10.2. The van der Waals surface area contributed by atoms with Crippen molar-refractivity contribution in [2.75, 3.05) is 6.61 Å². The highest BCUT2D eigenvalue weighted by Gasteiger charge is 2.20. The number of furan rings is 1. The molecule has 0 fully saturated rings. The number of hydrogen-bond donors (Lipinski definition) is 1. The molecule has 2 aromatic rings. The maximum Gasteiger partial charge on any atom is 0.328 e. The molecule has 0 spiro atoms. The first-order valence-electron chi connectivity index (χ1n) is 7.73. The second-order valence-corrected chi connectivity index (χ2v) is 6.40.